The number of hydrogen-bond acceptors (Lipinski definition) is 6. The van der Waals surface area contributed by atoms with Crippen LogP contribution in [0.25, 0.3) is 0 Å². The van der Waals surface area contributed by atoms with Gasteiger partial charge in [-0.2, -0.15) is 0 Å². The van der Waals surface area contributed by atoms with Crippen molar-refractivity contribution in [2.75, 3.05) is 26.4 Å². The molecule has 1 atom stereocenters. The molecule has 1 aromatic carbocycles. The van der Waals surface area contributed by atoms with Gasteiger partial charge in [-0.25, -0.2) is 9.59 Å². The summed E-state index contributed by atoms with van der Waals surface area (Å²) in [6, 6.07) is 5.67. The van der Waals surface area contributed by atoms with Gasteiger partial charge in [-0.1, -0.05) is 96.1 Å². The van der Waals surface area contributed by atoms with Crippen molar-refractivity contribution in [3.05, 3.63) is 51.9 Å². The van der Waals surface area contributed by atoms with E-state index in [1.165, 1.54) is 64.2 Å². The van der Waals surface area contributed by atoms with Crippen LogP contribution in [-0.2, 0) is 20.7 Å². The van der Waals surface area contributed by atoms with E-state index in [0.29, 0.717) is 35.9 Å². The molecule has 8 nitrogen and oxygen atoms in total. The monoisotopic (exact) mass is 586 g/mol. The van der Waals surface area contributed by atoms with E-state index in [2.05, 4.69) is 12.2 Å². The molecule has 1 aliphatic heterocycles. The van der Waals surface area contributed by atoms with Gasteiger partial charge < -0.3 is 30.7 Å². The molecule has 2 rings (SSSR count). The van der Waals surface area contributed by atoms with Crippen LogP contribution in [0.4, 0.5) is 0 Å². The molecule has 1 heterocycles. The molecule has 1 aromatic rings. The average molecular weight is 587 g/mol. The minimum absolute atomic E-state index is 0.00809. The maximum Gasteiger partial charge on any atom is 0.334 e. The molecular weight excluding hydrogens is 532 g/mol. The Balaban J connectivity index is 2.16. The Labute approximate surface area is 252 Å². The standard InChI is InChI=1S/C34H54N2O6/c1-4-6-7-8-9-10-11-12-13-14-15-16-17-19-26-20-18-21-28(42-5-2)30(26)32-29(33(37)38)25(3)36-27(24-41-23-22-35)31(32)34(39)40/h18,20-21,32,36H,4-17,19,22-24,35H2,1-3H3,(H,37,38)(H,39,40). The third-order valence-corrected chi connectivity index (χ3v) is 7.91. The third kappa shape index (κ3) is 11.1. The minimum Gasteiger partial charge on any atom is -0.494 e. The van der Waals surface area contributed by atoms with Gasteiger partial charge in [0.1, 0.15) is 5.75 Å². The highest BCUT2D eigenvalue weighted by atomic mass is 16.5. The molecule has 0 saturated heterocycles. The van der Waals surface area contributed by atoms with Gasteiger partial charge >= 0.3 is 11.9 Å². The van der Waals surface area contributed by atoms with E-state index in [0.717, 1.165) is 31.2 Å². The summed E-state index contributed by atoms with van der Waals surface area (Å²) in [5.41, 5.74) is 7.80. The molecule has 0 saturated carbocycles. The number of aryl methyl sites for hydroxylation is 1. The highest BCUT2D eigenvalue weighted by molar-refractivity contribution is 5.99. The van der Waals surface area contributed by atoms with Crippen LogP contribution in [0.2, 0.25) is 0 Å². The van der Waals surface area contributed by atoms with Crippen LogP contribution in [0.1, 0.15) is 121 Å². The van der Waals surface area contributed by atoms with E-state index in [-0.39, 0.29) is 24.4 Å². The summed E-state index contributed by atoms with van der Waals surface area (Å²) in [4.78, 5) is 25.2. The number of unbranched alkanes of at least 4 members (excludes halogenated alkanes) is 12. The molecule has 1 unspecified atom stereocenters. The van der Waals surface area contributed by atoms with E-state index in [4.69, 9.17) is 15.2 Å². The number of dihydropyridines is 1. The van der Waals surface area contributed by atoms with Crippen molar-refractivity contribution in [3.63, 3.8) is 0 Å². The van der Waals surface area contributed by atoms with Gasteiger partial charge in [0, 0.05) is 17.8 Å². The summed E-state index contributed by atoms with van der Waals surface area (Å²) < 4.78 is 11.6. The molecule has 42 heavy (non-hydrogen) atoms. The predicted octanol–water partition coefficient (Wildman–Crippen LogP) is 7.08. The first-order valence-electron chi connectivity index (χ1n) is 16.1. The molecule has 0 amide bonds. The van der Waals surface area contributed by atoms with Crippen molar-refractivity contribution < 1.29 is 29.3 Å². The van der Waals surface area contributed by atoms with Gasteiger partial charge in [-0.05, 0) is 38.3 Å². The van der Waals surface area contributed by atoms with Crippen LogP contribution < -0.4 is 15.8 Å². The molecule has 8 heteroatoms. The SMILES string of the molecule is CCCCCCCCCCCCCCCc1cccc(OCC)c1C1C(C(=O)O)=C(C)NC(COCCN)=C1C(=O)O. The fourth-order valence-electron chi connectivity index (χ4n) is 5.84. The lowest BCUT2D eigenvalue weighted by molar-refractivity contribution is -0.133. The Bertz CT molecular complexity index is 1050. The van der Waals surface area contributed by atoms with Crippen LogP contribution >= 0.6 is 0 Å². The highest BCUT2D eigenvalue weighted by Crippen LogP contribution is 2.44. The number of allylic oxidation sites excluding steroid dienone is 1. The van der Waals surface area contributed by atoms with E-state index in [1.54, 1.807) is 13.0 Å². The van der Waals surface area contributed by atoms with Crippen LogP contribution in [-0.4, -0.2) is 48.5 Å². The molecule has 0 aliphatic carbocycles. The lowest BCUT2D eigenvalue weighted by Crippen LogP contribution is -2.34. The molecule has 0 radical (unpaired) electrons. The molecule has 236 valence electrons. The van der Waals surface area contributed by atoms with Gasteiger partial charge in [-0.3, -0.25) is 0 Å². The molecular formula is C34H54N2O6. The average Bonchev–Trinajstić information content (AvgIpc) is 2.95. The summed E-state index contributed by atoms with van der Waals surface area (Å²) in [5.74, 6) is -2.84. The number of rotatable bonds is 23. The number of nitrogens with two attached hydrogens (primary N) is 1. The van der Waals surface area contributed by atoms with Gasteiger partial charge in [0.2, 0.25) is 0 Å². The Morgan fingerprint density at radius 3 is 1.95 bits per heavy atom. The van der Waals surface area contributed by atoms with Gasteiger partial charge in [0.05, 0.1) is 42.6 Å². The van der Waals surface area contributed by atoms with Crippen LogP contribution in [0.15, 0.2) is 40.7 Å². The lowest BCUT2D eigenvalue weighted by atomic mass is 9.77. The van der Waals surface area contributed by atoms with E-state index in [9.17, 15) is 19.8 Å². The summed E-state index contributed by atoms with van der Waals surface area (Å²) in [7, 11) is 0. The van der Waals surface area contributed by atoms with Crippen LogP contribution in [0, 0.1) is 0 Å². The maximum atomic E-state index is 12.7. The fraction of sp³-hybridized carbons (Fsp3) is 0.647. The number of carboxylic acid groups (broad SMARTS) is 2. The Kier molecular flexibility index (Phi) is 16.9. The summed E-state index contributed by atoms with van der Waals surface area (Å²) in [5, 5.41) is 23.6. The van der Waals surface area contributed by atoms with E-state index >= 15 is 0 Å². The zero-order valence-electron chi connectivity index (χ0n) is 26.1. The molecule has 1 aliphatic rings. The Morgan fingerprint density at radius 1 is 0.857 bits per heavy atom. The zero-order chi connectivity index (χ0) is 30.7. The first-order chi connectivity index (χ1) is 20.4. The maximum absolute atomic E-state index is 12.7. The second-order valence-corrected chi connectivity index (χ2v) is 11.2. The first kappa shape index (κ1) is 35.4. The lowest BCUT2D eigenvalue weighted by Gasteiger charge is -2.32. The Morgan fingerprint density at radius 2 is 1.43 bits per heavy atom. The first-order valence-corrected chi connectivity index (χ1v) is 16.1. The molecule has 5 N–H and O–H groups in total. The van der Waals surface area contributed by atoms with Crippen molar-refractivity contribution in [2.45, 2.75) is 117 Å². The normalized spacial score (nSPS) is 15.2. The molecule has 0 aromatic heterocycles. The van der Waals surface area contributed by atoms with Crippen LogP contribution in [0.5, 0.6) is 5.75 Å². The van der Waals surface area contributed by atoms with E-state index in [1.807, 2.05) is 19.1 Å². The van der Waals surface area contributed by atoms with Crippen molar-refractivity contribution in [3.8, 4) is 5.75 Å². The molecule has 0 bridgehead atoms. The number of ether oxygens (including phenoxy) is 2. The quantitative estimate of drug-likeness (QED) is 0.100. The number of nitrogens with one attached hydrogen (secondary N) is 1. The highest BCUT2D eigenvalue weighted by Gasteiger charge is 2.40. The van der Waals surface area contributed by atoms with Crippen molar-refractivity contribution in [2.24, 2.45) is 5.73 Å². The van der Waals surface area contributed by atoms with Crippen molar-refractivity contribution >= 4 is 11.9 Å². The summed E-state index contributed by atoms with van der Waals surface area (Å²) in [6.45, 7) is 6.71. The van der Waals surface area contributed by atoms with Crippen molar-refractivity contribution in [1.29, 1.82) is 0 Å². The molecule has 0 spiro atoms. The van der Waals surface area contributed by atoms with Crippen molar-refractivity contribution in [1.82, 2.24) is 5.32 Å². The Hall–Kier alpha value is -2.84. The van der Waals surface area contributed by atoms with Gasteiger partial charge in [-0.15, -0.1) is 0 Å². The number of carboxylic acids is 2. The number of carbonyl (C=O) groups is 2. The topological polar surface area (TPSA) is 131 Å². The summed E-state index contributed by atoms with van der Waals surface area (Å²) >= 11 is 0. The minimum atomic E-state index is -1.19. The molecule has 0 fully saturated rings. The second-order valence-electron chi connectivity index (χ2n) is 11.2. The predicted molar refractivity (Wildman–Crippen MR) is 168 cm³/mol. The smallest absolute Gasteiger partial charge is 0.334 e. The number of aliphatic carboxylic acids is 2. The second kappa shape index (κ2) is 20.1. The van der Waals surface area contributed by atoms with Gasteiger partial charge in [0.15, 0.2) is 0 Å². The largest absolute Gasteiger partial charge is 0.494 e. The van der Waals surface area contributed by atoms with Crippen LogP contribution in [0.3, 0.4) is 0 Å². The fourth-order valence-corrected chi connectivity index (χ4v) is 5.84. The van der Waals surface area contributed by atoms with E-state index < -0.39 is 17.9 Å². The number of benzene rings is 1. The zero-order valence-corrected chi connectivity index (χ0v) is 26.1. The van der Waals surface area contributed by atoms with Gasteiger partial charge in [0.25, 0.3) is 0 Å². The third-order valence-electron chi connectivity index (χ3n) is 7.91. The summed E-state index contributed by atoms with van der Waals surface area (Å²) in [6.07, 6.45) is 17.1. The number of hydrogen-bond donors (Lipinski definition) is 4.